The van der Waals surface area contributed by atoms with Gasteiger partial charge in [0.15, 0.2) is 0 Å². The molecule has 154 valence electrons. The van der Waals surface area contributed by atoms with Gasteiger partial charge in [-0.3, -0.25) is 4.79 Å². The first-order valence-electron chi connectivity index (χ1n) is 10.5. The molecule has 0 aromatic heterocycles. The molecule has 3 rings (SSSR count). The highest BCUT2D eigenvalue weighted by Crippen LogP contribution is 2.24. The summed E-state index contributed by atoms with van der Waals surface area (Å²) in [5, 5.41) is 5.85. The lowest BCUT2D eigenvalue weighted by Crippen LogP contribution is -2.44. The lowest BCUT2D eigenvalue weighted by molar-refractivity contribution is -0.117. The summed E-state index contributed by atoms with van der Waals surface area (Å²) in [5.41, 5.74) is 0.833. The molecule has 2 heterocycles. The highest BCUT2D eigenvalue weighted by atomic mass is 16.5. The van der Waals surface area contributed by atoms with Crippen molar-refractivity contribution in [1.82, 2.24) is 15.5 Å². The number of anilines is 1. The van der Waals surface area contributed by atoms with Gasteiger partial charge in [-0.15, -0.1) is 0 Å². The molecule has 1 aromatic rings. The summed E-state index contributed by atoms with van der Waals surface area (Å²) in [6.07, 6.45) is 5.19. The van der Waals surface area contributed by atoms with Crippen molar-refractivity contribution < 1.29 is 14.3 Å². The minimum absolute atomic E-state index is 0.0274. The van der Waals surface area contributed by atoms with E-state index in [0.29, 0.717) is 26.1 Å². The second-order valence-corrected chi connectivity index (χ2v) is 7.49. The third kappa shape index (κ3) is 5.86. The molecule has 2 N–H and O–H groups in total. The van der Waals surface area contributed by atoms with Crippen molar-refractivity contribution in [3.05, 3.63) is 24.3 Å². The van der Waals surface area contributed by atoms with Gasteiger partial charge in [0, 0.05) is 25.2 Å². The van der Waals surface area contributed by atoms with Crippen LogP contribution in [0.3, 0.4) is 0 Å². The minimum Gasteiger partial charge on any atom is -0.494 e. The van der Waals surface area contributed by atoms with Gasteiger partial charge in [-0.05, 0) is 70.1 Å². The fraction of sp³-hybridized carbons (Fsp3) is 0.619. The van der Waals surface area contributed by atoms with E-state index in [1.807, 2.05) is 31.2 Å². The Morgan fingerprint density at radius 2 is 1.93 bits per heavy atom. The second kappa shape index (κ2) is 10.3. The lowest BCUT2D eigenvalue weighted by atomic mass is 10.1. The molecule has 2 fully saturated rings. The summed E-state index contributed by atoms with van der Waals surface area (Å²) >= 11 is 0. The third-order valence-corrected chi connectivity index (χ3v) is 5.31. The average molecular weight is 389 g/mol. The van der Waals surface area contributed by atoms with E-state index >= 15 is 0 Å². The van der Waals surface area contributed by atoms with Crippen molar-refractivity contribution >= 4 is 17.6 Å². The highest BCUT2D eigenvalue weighted by molar-refractivity contribution is 5.96. The first-order chi connectivity index (χ1) is 13.7. The monoisotopic (exact) mass is 388 g/mol. The topological polar surface area (TPSA) is 73.9 Å². The van der Waals surface area contributed by atoms with E-state index in [-0.39, 0.29) is 18.0 Å². The molecule has 0 spiro atoms. The van der Waals surface area contributed by atoms with Crippen LogP contribution >= 0.6 is 0 Å². The summed E-state index contributed by atoms with van der Waals surface area (Å²) < 4.78 is 5.44. The normalized spacial score (nSPS) is 20.2. The van der Waals surface area contributed by atoms with Crippen LogP contribution < -0.4 is 20.3 Å². The van der Waals surface area contributed by atoms with E-state index in [2.05, 4.69) is 15.5 Å². The standard InChI is InChI=1S/C21H32N4O3/c1-2-28-19-9-7-18(8-10-19)25-16-17(15-20(25)26)23-21(27)22-11-6-14-24-12-4-3-5-13-24/h7-10,17H,2-6,11-16H2,1H3,(H2,22,23,27)/t17-/m1/s1. The van der Waals surface area contributed by atoms with Gasteiger partial charge in [-0.25, -0.2) is 4.79 Å². The van der Waals surface area contributed by atoms with Crippen LogP contribution in [-0.4, -0.2) is 62.2 Å². The number of benzene rings is 1. The average Bonchev–Trinajstić information content (AvgIpc) is 3.07. The number of hydrogen-bond donors (Lipinski definition) is 2. The van der Waals surface area contributed by atoms with Crippen molar-refractivity contribution in [3.63, 3.8) is 0 Å². The van der Waals surface area contributed by atoms with Crippen molar-refractivity contribution in [1.29, 1.82) is 0 Å². The molecule has 0 bridgehead atoms. The number of piperidine rings is 1. The minimum atomic E-state index is -0.190. The number of rotatable bonds is 8. The lowest BCUT2D eigenvalue weighted by Gasteiger charge is -2.26. The van der Waals surface area contributed by atoms with Crippen LogP contribution in [0.1, 0.15) is 39.0 Å². The van der Waals surface area contributed by atoms with E-state index in [1.54, 1.807) is 4.90 Å². The predicted molar refractivity (Wildman–Crippen MR) is 110 cm³/mol. The summed E-state index contributed by atoms with van der Waals surface area (Å²) in [5.74, 6) is 0.816. The molecule has 28 heavy (non-hydrogen) atoms. The summed E-state index contributed by atoms with van der Waals surface area (Å²) in [4.78, 5) is 28.6. The number of amides is 3. The molecule has 0 unspecified atom stereocenters. The van der Waals surface area contributed by atoms with Gasteiger partial charge >= 0.3 is 6.03 Å². The zero-order chi connectivity index (χ0) is 19.8. The molecule has 3 amide bonds. The molecule has 0 radical (unpaired) electrons. The van der Waals surface area contributed by atoms with Crippen molar-refractivity contribution in [2.24, 2.45) is 0 Å². The molecule has 0 aliphatic carbocycles. The molecule has 2 aliphatic rings. The number of ether oxygens (including phenoxy) is 1. The first-order valence-corrected chi connectivity index (χ1v) is 10.5. The van der Waals surface area contributed by atoms with Gasteiger partial charge in [-0.2, -0.15) is 0 Å². The molecular formula is C21H32N4O3. The first kappa shape index (κ1) is 20.5. The number of urea groups is 1. The third-order valence-electron chi connectivity index (χ3n) is 5.31. The summed E-state index contributed by atoms with van der Waals surface area (Å²) in [6, 6.07) is 7.13. The fourth-order valence-electron chi connectivity index (χ4n) is 3.87. The van der Waals surface area contributed by atoms with E-state index < -0.39 is 0 Å². The number of carbonyl (C=O) groups is 2. The smallest absolute Gasteiger partial charge is 0.315 e. The molecule has 0 saturated carbocycles. The molecule has 2 saturated heterocycles. The Labute approximate surface area is 167 Å². The number of nitrogens with zero attached hydrogens (tertiary/aromatic N) is 2. The van der Waals surface area contributed by atoms with Crippen LogP contribution in [0.5, 0.6) is 5.75 Å². The fourth-order valence-corrected chi connectivity index (χ4v) is 3.87. The van der Waals surface area contributed by atoms with Crippen LogP contribution in [0.15, 0.2) is 24.3 Å². The highest BCUT2D eigenvalue weighted by Gasteiger charge is 2.31. The molecular weight excluding hydrogens is 356 g/mol. The van der Waals surface area contributed by atoms with Crippen LogP contribution in [0.25, 0.3) is 0 Å². The zero-order valence-electron chi connectivity index (χ0n) is 16.8. The van der Waals surface area contributed by atoms with Crippen molar-refractivity contribution in [2.75, 3.05) is 44.2 Å². The van der Waals surface area contributed by atoms with E-state index in [4.69, 9.17) is 4.74 Å². The van der Waals surface area contributed by atoms with Crippen LogP contribution in [-0.2, 0) is 4.79 Å². The van der Waals surface area contributed by atoms with Gasteiger partial charge in [0.2, 0.25) is 5.91 Å². The number of likely N-dealkylation sites (tertiary alicyclic amines) is 1. The molecule has 1 atom stereocenters. The maximum absolute atomic E-state index is 12.3. The van der Waals surface area contributed by atoms with Crippen LogP contribution in [0.2, 0.25) is 0 Å². The van der Waals surface area contributed by atoms with Crippen LogP contribution in [0, 0.1) is 0 Å². The summed E-state index contributed by atoms with van der Waals surface area (Å²) in [7, 11) is 0. The Kier molecular flexibility index (Phi) is 7.54. The Bertz CT molecular complexity index is 644. The van der Waals surface area contributed by atoms with Gasteiger partial charge in [0.1, 0.15) is 5.75 Å². The summed E-state index contributed by atoms with van der Waals surface area (Å²) in [6.45, 7) is 7.09. The van der Waals surface area contributed by atoms with Crippen molar-refractivity contribution in [2.45, 2.75) is 45.1 Å². The quantitative estimate of drug-likeness (QED) is 0.671. The SMILES string of the molecule is CCOc1ccc(N2C[C@H](NC(=O)NCCCN3CCCCC3)CC2=O)cc1. The van der Waals surface area contributed by atoms with Gasteiger partial charge in [0.25, 0.3) is 0 Å². The Hall–Kier alpha value is -2.28. The predicted octanol–water partition coefficient (Wildman–Crippen LogP) is 2.37. The maximum Gasteiger partial charge on any atom is 0.315 e. The Balaban J connectivity index is 1.37. The number of carbonyl (C=O) groups excluding carboxylic acids is 2. The Morgan fingerprint density at radius 3 is 2.64 bits per heavy atom. The number of hydrogen-bond acceptors (Lipinski definition) is 4. The van der Waals surface area contributed by atoms with Gasteiger partial charge in [0.05, 0.1) is 12.6 Å². The molecule has 7 heteroatoms. The molecule has 2 aliphatic heterocycles. The molecule has 7 nitrogen and oxygen atoms in total. The van der Waals surface area contributed by atoms with Crippen molar-refractivity contribution in [3.8, 4) is 5.75 Å². The largest absolute Gasteiger partial charge is 0.494 e. The van der Waals surface area contributed by atoms with Crippen LogP contribution in [0.4, 0.5) is 10.5 Å². The molecule has 1 aromatic carbocycles. The second-order valence-electron chi connectivity index (χ2n) is 7.49. The van der Waals surface area contributed by atoms with Gasteiger partial charge < -0.3 is 25.2 Å². The van der Waals surface area contributed by atoms with E-state index in [0.717, 1.165) is 24.4 Å². The van der Waals surface area contributed by atoms with E-state index in [9.17, 15) is 9.59 Å². The number of nitrogens with one attached hydrogen (secondary N) is 2. The van der Waals surface area contributed by atoms with Gasteiger partial charge in [-0.1, -0.05) is 6.42 Å². The zero-order valence-corrected chi connectivity index (χ0v) is 16.8. The van der Waals surface area contributed by atoms with E-state index in [1.165, 1.54) is 32.4 Å². The maximum atomic E-state index is 12.3. The Morgan fingerprint density at radius 1 is 1.18 bits per heavy atom.